The monoisotopic (exact) mass is 231 g/mol. The van der Waals surface area contributed by atoms with Gasteiger partial charge in [0.05, 0.1) is 11.9 Å². The Labute approximate surface area is 89.9 Å². The first-order valence-electron chi connectivity index (χ1n) is 4.56. The van der Waals surface area contributed by atoms with Crippen LogP contribution in [0.3, 0.4) is 0 Å². The van der Waals surface area contributed by atoms with E-state index in [1.54, 1.807) is 0 Å². The van der Waals surface area contributed by atoms with Crippen LogP contribution in [0.1, 0.15) is 31.0 Å². The molecule has 0 fully saturated rings. The Morgan fingerprint density at radius 1 is 1.56 bits per heavy atom. The van der Waals surface area contributed by atoms with Crippen LogP contribution in [0.25, 0.3) is 0 Å². The molecule has 90 valence electrons. The third-order valence-corrected chi connectivity index (χ3v) is 2.05. The van der Waals surface area contributed by atoms with E-state index in [1.165, 1.54) is 0 Å². The first-order chi connectivity index (χ1) is 7.41. The summed E-state index contributed by atoms with van der Waals surface area (Å²) in [7, 11) is 0. The highest BCUT2D eigenvalue weighted by Gasteiger charge is 2.14. The molecule has 0 saturated heterocycles. The van der Waals surface area contributed by atoms with E-state index in [0.717, 1.165) is 10.8 Å². The second-order valence-electron chi connectivity index (χ2n) is 3.30. The van der Waals surface area contributed by atoms with E-state index in [1.807, 2.05) is 0 Å². The number of aliphatic hydroxyl groups excluding tert-OH is 1. The van der Waals surface area contributed by atoms with Crippen molar-refractivity contribution in [1.82, 2.24) is 9.55 Å². The number of carbonyl (C=O) groups is 1. The highest BCUT2D eigenvalue weighted by molar-refractivity contribution is 5.66. The maximum Gasteiger partial charge on any atom is 0.327 e. The van der Waals surface area contributed by atoms with Gasteiger partial charge in [-0.15, -0.1) is 0 Å². The zero-order valence-electron chi connectivity index (χ0n) is 8.33. The molecule has 1 aromatic heterocycles. The van der Waals surface area contributed by atoms with Crippen molar-refractivity contribution in [1.29, 1.82) is 0 Å². The second kappa shape index (κ2) is 4.92. The fourth-order valence-electron chi connectivity index (χ4n) is 1.22. The van der Waals surface area contributed by atoms with Crippen molar-refractivity contribution in [3.63, 3.8) is 0 Å². The average molecular weight is 231 g/mol. The van der Waals surface area contributed by atoms with E-state index < -0.39 is 24.1 Å². The third-order valence-electron chi connectivity index (χ3n) is 2.05. The Bertz CT molecular complexity index is 422. The topological polar surface area (TPSA) is 142 Å². The predicted molar refractivity (Wildman–Crippen MR) is 52.3 cm³/mol. The van der Waals surface area contributed by atoms with E-state index in [9.17, 15) is 9.59 Å². The number of nitrogens with one attached hydrogen (secondary N) is 1. The number of imidazole rings is 1. The molecule has 0 aliphatic heterocycles. The summed E-state index contributed by atoms with van der Waals surface area (Å²) in [5.74, 6) is -1.01. The molecule has 1 heterocycles. The Hall–Kier alpha value is -1.64. The van der Waals surface area contributed by atoms with Gasteiger partial charge >= 0.3 is 11.7 Å². The summed E-state index contributed by atoms with van der Waals surface area (Å²) >= 11 is 0. The van der Waals surface area contributed by atoms with Crippen molar-refractivity contribution in [3.05, 3.63) is 22.4 Å². The van der Waals surface area contributed by atoms with E-state index in [4.69, 9.17) is 21.1 Å². The largest absolute Gasteiger partial charge is 0.481 e. The Balaban J connectivity index is 2.79. The van der Waals surface area contributed by atoms with Gasteiger partial charge in [-0.2, -0.15) is 0 Å². The quantitative estimate of drug-likeness (QED) is 0.390. The summed E-state index contributed by atoms with van der Waals surface area (Å²) in [6.45, 7) is 0. The van der Waals surface area contributed by atoms with Gasteiger partial charge in [-0.3, -0.25) is 9.36 Å². The van der Waals surface area contributed by atoms with Crippen LogP contribution in [0.4, 0.5) is 0 Å². The van der Waals surface area contributed by atoms with E-state index in [0.29, 0.717) is 0 Å². The van der Waals surface area contributed by atoms with E-state index in [2.05, 4.69) is 4.98 Å². The van der Waals surface area contributed by atoms with Gasteiger partial charge in [0.1, 0.15) is 0 Å². The number of aromatic nitrogens is 2. The summed E-state index contributed by atoms with van der Waals surface area (Å²) < 4.78 is 1.03. The van der Waals surface area contributed by atoms with Gasteiger partial charge in [0.25, 0.3) is 0 Å². The van der Waals surface area contributed by atoms with Gasteiger partial charge in [0.15, 0.2) is 6.29 Å². The van der Waals surface area contributed by atoms with Crippen molar-refractivity contribution >= 4 is 5.97 Å². The van der Waals surface area contributed by atoms with Crippen molar-refractivity contribution in [3.8, 4) is 0 Å². The molecular formula is C8H13N3O5. The lowest BCUT2D eigenvalue weighted by molar-refractivity contribution is -0.137. The van der Waals surface area contributed by atoms with E-state index in [-0.39, 0.29) is 18.5 Å². The summed E-state index contributed by atoms with van der Waals surface area (Å²) in [6.07, 6.45) is -1.54. The van der Waals surface area contributed by atoms with E-state index >= 15 is 0 Å². The normalized spacial score (nSPS) is 13.0. The molecule has 1 atom stereocenters. The number of carboxylic acids is 1. The summed E-state index contributed by atoms with van der Waals surface area (Å²) in [6, 6.07) is 0. The molecule has 1 rings (SSSR count). The van der Waals surface area contributed by atoms with Crippen LogP contribution in [0.15, 0.2) is 11.0 Å². The molecular weight excluding hydrogens is 218 g/mol. The standard InChI is InChI=1S/C8H13N3O5/c9-5(1-2-6(12)13)11-3-4(7(14)15)10-8(11)16/h3,5,7,14-15H,1-2,9H2,(H,10,16)(H,12,13). The maximum atomic E-state index is 11.3. The smallest absolute Gasteiger partial charge is 0.327 e. The minimum atomic E-state index is -1.79. The highest BCUT2D eigenvalue weighted by atomic mass is 16.5. The van der Waals surface area contributed by atoms with Crippen molar-refractivity contribution in [2.75, 3.05) is 0 Å². The fraction of sp³-hybridized carbons (Fsp3) is 0.500. The van der Waals surface area contributed by atoms with Gasteiger partial charge < -0.3 is 26.0 Å². The molecule has 1 unspecified atom stereocenters. The minimum absolute atomic E-state index is 0.0774. The van der Waals surface area contributed by atoms with Crippen LogP contribution in [-0.2, 0) is 4.79 Å². The number of nitrogens with zero attached hydrogens (tertiary/aromatic N) is 1. The van der Waals surface area contributed by atoms with Crippen LogP contribution in [0.5, 0.6) is 0 Å². The van der Waals surface area contributed by atoms with Crippen LogP contribution in [-0.4, -0.2) is 30.8 Å². The molecule has 0 saturated carbocycles. The number of aliphatic hydroxyl groups is 2. The van der Waals surface area contributed by atoms with Crippen LogP contribution < -0.4 is 11.4 Å². The summed E-state index contributed by atoms with van der Waals surface area (Å²) in [4.78, 5) is 23.8. The minimum Gasteiger partial charge on any atom is -0.481 e. The lowest BCUT2D eigenvalue weighted by atomic mass is 10.2. The van der Waals surface area contributed by atoms with Crippen LogP contribution >= 0.6 is 0 Å². The third kappa shape index (κ3) is 2.92. The molecule has 0 bridgehead atoms. The maximum absolute atomic E-state index is 11.3. The number of aliphatic carboxylic acids is 1. The molecule has 1 aromatic rings. The lowest BCUT2D eigenvalue weighted by Gasteiger charge is -2.10. The molecule has 0 aliphatic rings. The number of carboxylic acid groups (broad SMARTS) is 1. The zero-order chi connectivity index (χ0) is 12.3. The lowest BCUT2D eigenvalue weighted by Crippen LogP contribution is -2.28. The van der Waals surface area contributed by atoms with Crippen molar-refractivity contribution in [2.24, 2.45) is 5.73 Å². The Morgan fingerprint density at radius 2 is 2.19 bits per heavy atom. The van der Waals surface area contributed by atoms with Crippen molar-refractivity contribution in [2.45, 2.75) is 25.3 Å². The SMILES string of the molecule is NC(CCC(=O)O)n1cc(C(O)O)[nH]c1=O. The Kier molecular flexibility index (Phi) is 3.82. The number of aromatic amines is 1. The van der Waals surface area contributed by atoms with Gasteiger partial charge in [-0.1, -0.05) is 0 Å². The molecule has 8 heteroatoms. The molecule has 0 aliphatic carbocycles. The summed E-state index contributed by atoms with van der Waals surface area (Å²) in [5, 5.41) is 26.0. The molecule has 0 amide bonds. The first-order valence-corrected chi connectivity index (χ1v) is 4.56. The Morgan fingerprint density at radius 3 is 2.62 bits per heavy atom. The molecule has 0 aromatic carbocycles. The second-order valence-corrected chi connectivity index (χ2v) is 3.30. The fourth-order valence-corrected chi connectivity index (χ4v) is 1.22. The number of nitrogens with two attached hydrogens (primary N) is 1. The van der Waals surface area contributed by atoms with Gasteiger partial charge in [-0.25, -0.2) is 4.79 Å². The molecule has 0 radical (unpaired) electrons. The number of hydrogen-bond donors (Lipinski definition) is 5. The molecule has 6 N–H and O–H groups in total. The van der Waals surface area contributed by atoms with Crippen LogP contribution in [0, 0.1) is 0 Å². The highest BCUT2D eigenvalue weighted by Crippen LogP contribution is 2.09. The van der Waals surface area contributed by atoms with Gasteiger partial charge in [-0.05, 0) is 6.42 Å². The first kappa shape index (κ1) is 12.4. The van der Waals surface area contributed by atoms with Gasteiger partial charge in [0.2, 0.25) is 0 Å². The summed E-state index contributed by atoms with van der Waals surface area (Å²) in [5.41, 5.74) is 4.88. The molecule has 16 heavy (non-hydrogen) atoms. The van der Waals surface area contributed by atoms with Crippen LogP contribution in [0.2, 0.25) is 0 Å². The molecule has 8 nitrogen and oxygen atoms in total. The van der Waals surface area contributed by atoms with Crippen molar-refractivity contribution < 1.29 is 20.1 Å². The van der Waals surface area contributed by atoms with Gasteiger partial charge in [0, 0.05) is 12.6 Å². The number of rotatable bonds is 5. The predicted octanol–water partition coefficient (Wildman–Crippen LogP) is -1.52. The number of H-pyrrole nitrogens is 1. The molecule has 0 spiro atoms. The number of hydrogen-bond acceptors (Lipinski definition) is 5. The zero-order valence-corrected chi connectivity index (χ0v) is 8.33. The average Bonchev–Trinajstić information content (AvgIpc) is 2.57.